The first kappa shape index (κ1) is 11.6. The topological polar surface area (TPSA) is 80.4 Å². The third kappa shape index (κ3) is 5.26. The second-order valence-electron chi connectivity index (χ2n) is 2.61. The molecule has 72 valence electrons. The average Bonchev–Trinajstić information content (AvgIpc) is 2.00. The van der Waals surface area contributed by atoms with E-state index in [2.05, 4.69) is 0 Å². The lowest BCUT2D eigenvalue weighted by Gasteiger charge is -2.04. The molecule has 0 aromatic heterocycles. The molecule has 0 aromatic carbocycles. The largest absolute Gasteiger partial charge is 0.480 e. The Morgan fingerprint density at radius 3 is 2.67 bits per heavy atom. The van der Waals surface area contributed by atoms with Crippen LogP contribution < -0.4 is 5.73 Å². The minimum atomic E-state index is -1.08. The zero-order valence-electron chi connectivity index (χ0n) is 7.16. The van der Waals surface area contributed by atoms with Crippen LogP contribution >= 0.6 is 0 Å². The Morgan fingerprint density at radius 1 is 1.67 bits per heavy atom. The fraction of sp³-hybridized carbons (Fsp3) is 0.857. The maximum atomic E-state index is 11.1. The Kier molecular flexibility index (Phi) is 5.92. The molecular weight excluding hydrogens is 178 g/mol. The number of nitrogens with two attached hydrogens (primary N) is 1. The van der Waals surface area contributed by atoms with Gasteiger partial charge in [0.1, 0.15) is 6.04 Å². The minimum absolute atomic E-state index is 0.0648. The predicted molar refractivity (Wildman–Crippen MR) is 48.4 cm³/mol. The van der Waals surface area contributed by atoms with Crippen LogP contribution in [-0.4, -0.2) is 32.8 Å². The Hall–Kier alpha value is -0.420. The molecular formula is C7H15NO3S. The van der Waals surface area contributed by atoms with Crippen molar-refractivity contribution in [2.24, 2.45) is 5.73 Å². The first-order valence-corrected chi connectivity index (χ1v) is 5.40. The lowest BCUT2D eigenvalue weighted by molar-refractivity contribution is -0.137. The molecule has 0 bridgehead atoms. The van der Waals surface area contributed by atoms with Crippen molar-refractivity contribution >= 4 is 16.8 Å². The number of hydrogen-bond donors (Lipinski definition) is 2. The van der Waals surface area contributed by atoms with Crippen molar-refractivity contribution in [2.45, 2.75) is 25.8 Å². The van der Waals surface area contributed by atoms with Crippen molar-refractivity contribution in [3.05, 3.63) is 0 Å². The Bertz CT molecular complexity index is 172. The van der Waals surface area contributed by atoms with Crippen LogP contribution in [0, 0.1) is 0 Å². The SMILES string of the molecule is CCCCS(=O)CC(N)C(=O)O. The highest BCUT2D eigenvalue weighted by Crippen LogP contribution is 1.94. The molecule has 0 aliphatic carbocycles. The van der Waals surface area contributed by atoms with Crippen LogP contribution in [0.2, 0.25) is 0 Å². The number of unbranched alkanes of at least 4 members (excludes halogenated alkanes) is 1. The van der Waals surface area contributed by atoms with Gasteiger partial charge in [0.15, 0.2) is 0 Å². The van der Waals surface area contributed by atoms with Crippen LogP contribution in [-0.2, 0) is 15.6 Å². The van der Waals surface area contributed by atoms with Crippen molar-refractivity contribution in [1.82, 2.24) is 0 Å². The molecule has 0 aliphatic heterocycles. The molecule has 0 saturated heterocycles. The second kappa shape index (κ2) is 6.14. The van der Waals surface area contributed by atoms with Crippen LogP contribution in [0.4, 0.5) is 0 Å². The molecule has 2 unspecified atom stereocenters. The van der Waals surface area contributed by atoms with E-state index < -0.39 is 22.8 Å². The summed E-state index contributed by atoms with van der Waals surface area (Å²) >= 11 is 0. The van der Waals surface area contributed by atoms with Gasteiger partial charge < -0.3 is 10.8 Å². The molecule has 2 atom stereocenters. The smallest absolute Gasteiger partial charge is 0.321 e. The molecule has 0 aromatic rings. The zero-order valence-corrected chi connectivity index (χ0v) is 7.97. The number of aliphatic carboxylic acids is 1. The molecule has 0 heterocycles. The van der Waals surface area contributed by atoms with E-state index >= 15 is 0 Å². The summed E-state index contributed by atoms with van der Waals surface area (Å²) in [5, 5.41) is 8.40. The van der Waals surface area contributed by atoms with Crippen LogP contribution in [0.15, 0.2) is 0 Å². The predicted octanol–water partition coefficient (Wildman–Crippen LogP) is -0.0529. The molecule has 0 aliphatic rings. The lowest BCUT2D eigenvalue weighted by Crippen LogP contribution is -2.36. The summed E-state index contributed by atoms with van der Waals surface area (Å²) in [7, 11) is -1.08. The van der Waals surface area contributed by atoms with Crippen LogP contribution in [0.3, 0.4) is 0 Å². The highest BCUT2D eigenvalue weighted by Gasteiger charge is 2.14. The normalized spacial score (nSPS) is 15.5. The van der Waals surface area contributed by atoms with Gasteiger partial charge in [-0.25, -0.2) is 0 Å². The maximum Gasteiger partial charge on any atom is 0.321 e. The second-order valence-corrected chi connectivity index (χ2v) is 4.23. The summed E-state index contributed by atoms with van der Waals surface area (Å²) in [4.78, 5) is 10.2. The number of carbonyl (C=O) groups is 1. The van der Waals surface area contributed by atoms with Gasteiger partial charge in [0, 0.05) is 22.3 Å². The van der Waals surface area contributed by atoms with Crippen molar-refractivity contribution in [1.29, 1.82) is 0 Å². The van der Waals surface area contributed by atoms with Gasteiger partial charge in [-0.3, -0.25) is 9.00 Å². The number of carboxylic acid groups (broad SMARTS) is 1. The number of carboxylic acids is 1. The van der Waals surface area contributed by atoms with E-state index in [9.17, 15) is 9.00 Å². The van der Waals surface area contributed by atoms with Gasteiger partial charge in [-0.15, -0.1) is 0 Å². The van der Waals surface area contributed by atoms with Gasteiger partial charge in [0.2, 0.25) is 0 Å². The molecule has 0 radical (unpaired) electrons. The van der Waals surface area contributed by atoms with E-state index in [4.69, 9.17) is 10.8 Å². The monoisotopic (exact) mass is 193 g/mol. The van der Waals surface area contributed by atoms with Crippen molar-refractivity contribution in [3.63, 3.8) is 0 Å². The molecule has 0 spiro atoms. The third-order valence-corrected chi connectivity index (χ3v) is 2.88. The van der Waals surface area contributed by atoms with E-state index in [-0.39, 0.29) is 5.75 Å². The number of hydrogen-bond acceptors (Lipinski definition) is 3. The van der Waals surface area contributed by atoms with Gasteiger partial charge in [0.05, 0.1) is 0 Å². The highest BCUT2D eigenvalue weighted by atomic mass is 32.2. The quantitative estimate of drug-likeness (QED) is 0.619. The zero-order chi connectivity index (χ0) is 9.56. The average molecular weight is 193 g/mol. The Balaban J connectivity index is 3.61. The van der Waals surface area contributed by atoms with E-state index in [1.807, 2.05) is 6.92 Å². The maximum absolute atomic E-state index is 11.1. The molecule has 0 amide bonds. The van der Waals surface area contributed by atoms with Gasteiger partial charge in [-0.1, -0.05) is 13.3 Å². The molecule has 0 fully saturated rings. The molecule has 5 heteroatoms. The summed E-state index contributed by atoms with van der Waals surface area (Å²) in [6.45, 7) is 1.99. The molecule has 0 saturated carbocycles. The van der Waals surface area contributed by atoms with Gasteiger partial charge in [-0.2, -0.15) is 0 Å². The first-order chi connectivity index (χ1) is 5.57. The number of rotatable bonds is 6. The van der Waals surface area contributed by atoms with Gasteiger partial charge >= 0.3 is 5.97 Å². The fourth-order valence-electron chi connectivity index (χ4n) is 0.660. The Labute approximate surface area is 74.6 Å². The third-order valence-electron chi connectivity index (χ3n) is 1.41. The van der Waals surface area contributed by atoms with E-state index in [0.29, 0.717) is 5.75 Å². The molecule has 12 heavy (non-hydrogen) atoms. The summed E-state index contributed by atoms with van der Waals surface area (Å²) in [6, 6.07) is -0.984. The van der Waals surface area contributed by atoms with E-state index in [1.165, 1.54) is 0 Å². The summed E-state index contributed by atoms with van der Waals surface area (Å²) < 4.78 is 11.1. The van der Waals surface area contributed by atoms with E-state index in [1.54, 1.807) is 0 Å². The first-order valence-electron chi connectivity index (χ1n) is 3.91. The fourth-order valence-corrected chi connectivity index (χ4v) is 1.98. The summed E-state index contributed by atoms with van der Waals surface area (Å²) in [6.07, 6.45) is 1.83. The van der Waals surface area contributed by atoms with Gasteiger partial charge in [-0.05, 0) is 6.42 Å². The standard InChI is InChI=1S/C7H15NO3S/c1-2-3-4-12(11)5-6(8)7(9)10/h6H,2-5,8H2,1H3,(H,9,10). The molecule has 3 N–H and O–H groups in total. The Morgan fingerprint density at radius 2 is 2.25 bits per heavy atom. The van der Waals surface area contributed by atoms with Crippen LogP contribution in [0.25, 0.3) is 0 Å². The van der Waals surface area contributed by atoms with Crippen molar-refractivity contribution in [3.8, 4) is 0 Å². The lowest BCUT2D eigenvalue weighted by atomic mass is 10.4. The highest BCUT2D eigenvalue weighted by molar-refractivity contribution is 7.85. The van der Waals surface area contributed by atoms with E-state index in [0.717, 1.165) is 12.8 Å². The van der Waals surface area contributed by atoms with Gasteiger partial charge in [0.25, 0.3) is 0 Å². The minimum Gasteiger partial charge on any atom is -0.480 e. The summed E-state index contributed by atoms with van der Waals surface area (Å²) in [5.41, 5.74) is 5.20. The van der Waals surface area contributed by atoms with Crippen molar-refractivity contribution in [2.75, 3.05) is 11.5 Å². The van der Waals surface area contributed by atoms with Crippen LogP contribution in [0.1, 0.15) is 19.8 Å². The summed E-state index contributed by atoms with van der Waals surface area (Å²) in [5.74, 6) is -0.466. The van der Waals surface area contributed by atoms with Crippen molar-refractivity contribution < 1.29 is 14.1 Å². The molecule has 0 rings (SSSR count). The van der Waals surface area contributed by atoms with Crippen LogP contribution in [0.5, 0.6) is 0 Å². The molecule has 4 nitrogen and oxygen atoms in total.